The van der Waals surface area contributed by atoms with Crippen molar-refractivity contribution in [3.05, 3.63) is 23.4 Å². The molecule has 0 heterocycles. The molecule has 0 saturated heterocycles. The van der Waals surface area contributed by atoms with E-state index < -0.39 is 12.1 Å². The van der Waals surface area contributed by atoms with Gasteiger partial charge in [0.15, 0.2) is 0 Å². The molecule has 0 aliphatic heterocycles. The minimum atomic E-state index is -1.18. The molecule has 4 heteroatoms. The highest BCUT2D eigenvalue weighted by molar-refractivity contribution is 5.81. The first-order chi connectivity index (χ1) is 6.20. The zero-order chi connectivity index (χ0) is 9.84. The molecular formula is C9H13FN2O. The molecular weight excluding hydrogens is 171 g/mol. The lowest BCUT2D eigenvalue weighted by Crippen LogP contribution is -2.26. The van der Waals surface area contributed by atoms with E-state index in [9.17, 15) is 4.39 Å². The molecule has 0 aromatic carbocycles. The minimum absolute atomic E-state index is 0.256. The molecule has 0 radical (unpaired) electrons. The van der Waals surface area contributed by atoms with Gasteiger partial charge in [-0.25, -0.2) is 4.39 Å². The highest BCUT2D eigenvalue weighted by atomic mass is 19.1. The van der Waals surface area contributed by atoms with Crippen molar-refractivity contribution in [1.82, 2.24) is 0 Å². The second kappa shape index (κ2) is 4.18. The Morgan fingerprint density at radius 2 is 2.46 bits per heavy atom. The molecule has 1 rings (SSSR count). The van der Waals surface area contributed by atoms with Crippen LogP contribution in [0.2, 0.25) is 0 Å². The molecule has 2 atom stereocenters. The Balaban J connectivity index is 2.99. The Morgan fingerprint density at radius 1 is 1.77 bits per heavy atom. The van der Waals surface area contributed by atoms with Crippen LogP contribution in [0.15, 0.2) is 28.4 Å². The van der Waals surface area contributed by atoms with Crippen LogP contribution in [0, 0.1) is 5.92 Å². The molecule has 0 amide bonds. The number of halogens is 1. The van der Waals surface area contributed by atoms with Crippen LogP contribution in [0.25, 0.3) is 0 Å². The molecule has 0 spiro atoms. The van der Waals surface area contributed by atoms with Crippen LogP contribution < -0.4 is 5.73 Å². The molecule has 3 nitrogen and oxygen atoms in total. The molecule has 0 aromatic heterocycles. The molecule has 13 heavy (non-hydrogen) atoms. The molecule has 72 valence electrons. The lowest BCUT2D eigenvalue weighted by Gasteiger charge is -2.22. The summed E-state index contributed by atoms with van der Waals surface area (Å²) in [4.78, 5) is 3.77. The quantitative estimate of drug-likeness (QED) is 0.611. The Bertz CT molecular complexity index is 271. The normalized spacial score (nSPS) is 28.8. The van der Waals surface area contributed by atoms with Crippen LogP contribution in [0.3, 0.4) is 0 Å². The molecule has 0 bridgehead atoms. The molecule has 1 aliphatic rings. The predicted molar refractivity (Wildman–Crippen MR) is 50.2 cm³/mol. The highest BCUT2D eigenvalue weighted by Gasteiger charge is 2.25. The van der Waals surface area contributed by atoms with Gasteiger partial charge in [-0.1, -0.05) is 0 Å². The molecule has 2 unspecified atom stereocenters. The first kappa shape index (κ1) is 9.92. The van der Waals surface area contributed by atoms with Gasteiger partial charge in [0.25, 0.3) is 0 Å². The maximum absolute atomic E-state index is 13.2. The van der Waals surface area contributed by atoms with Crippen LogP contribution in [0.5, 0.6) is 0 Å². The number of allylic oxidation sites excluding steroid dienone is 2. The van der Waals surface area contributed by atoms with Crippen molar-refractivity contribution in [2.24, 2.45) is 16.6 Å². The summed E-state index contributed by atoms with van der Waals surface area (Å²) in [6, 6.07) is 0. The van der Waals surface area contributed by atoms with Gasteiger partial charge >= 0.3 is 0 Å². The van der Waals surface area contributed by atoms with Crippen molar-refractivity contribution >= 4 is 6.21 Å². The van der Waals surface area contributed by atoms with Gasteiger partial charge in [-0.05, 0) is 12.2 Å². The Hall–Kier alpha value is -1.16. The summed E-state index contributed by atoms with van der Waals surface area (Å²) >= 11 is 0. The van der Waals surface area contributed by atoms with E-state index in [0.29, 0.717) is 11.3 Å². The van der Waals surface area contributed by atoms with Crippen LogP contribution in [0.1, 0.15) is 0 Å². The summed E-state index contributed by atoms with van der Waals surface area (Å²) in [5.74, 6) is -0.575. The van der Waals surface area contributed by atoms with E-state index in [1.165, 1.54) is 18.4 Å². The maximum atomic E-state index is 13.2. The maximum Gasteiger partial charge on any atom is 0.128 e. The van der Waals surface area contributed by atoms with E-state index in [4.69, 9.17) is 10.8 Å². The number of nitrogens with zero attached hydrogens (tertiary/aromatic N) is 1. The fourth-order valence-corrected chi connectivity index (χ4v) is 1.32. The third-order valence-corrected chi connectivity index (χ3v) is 2.04. The van der Waals surface area contributed by atoms with E-state index in [1.807, 2.05) is 0 Å². The number of nitrogens with two attached hydrogens (primary N) is 1. The van der Waals surface area contributed by atoms with Crippen molar-refractivity contribution in [1.29, 1.82) is 0 Å². The Labute approximate surface area is 76.5 Å². The smallest absolute Gasteiger partial charge is 0.128 e. The van der Waals surface area contributed by atoms with Gasteiger partial charge in [0.2, 0.25) is 0 Å². The molecule has 0 saturated carbocycles. The average Bonchev–Trinajstić information content (AvgIpc) is 2.12. The third-order valence-electron chi connectivity index (χ3n) is 2.04. The lowest BCUT2D eigenvalue weighted by molar-refractivity contribution is 0.190. The molecule has 0 fully saturated rings. The second-order valence-corrected chi connectivity index (χ2v) is 2.89. The summed E-state index contributed by atoms with van der Waals surface area (Å²) < 4.78 is 13.2. The summed E-state index contributed by atoms with van der Waals surface area (Å²) in [5.41, 5.74) is 6.66. The van der Waals surface area contributed by atoms with E-state index in [2.05, 4.69) is 4.99 Å². The summed E-state index contributed by atoms with van der Waals surface area (Å²) in [6.07, 6.45) is 3.17. The number of hydrogen-bond donors (Lipinski definition) is 2. The number of aliphatic imine (C=N–C) groups is 1. The van der Waals surface area contributed by atoms with Gasteiger partial charge in [0.05, 0.1) is 6.61 Å². The van der Waals surface area contributed by atoms with Crippen molar-refractivity contribution in [3.63, 3.8) is 0 Å². The fraction of sp³-hybridized carbons (Fsp3) is 0.444. The largest absolute Gasteiger partial charge is 0.398 e. The monoisotopic (exact) mass is 184 g/mol. The number of aliphatic hydroxyl groups is 1. The van der Waals surface area contributed by atoms with Gasteiger partial charge in [0.1, 0.15) is 6.17 Å². The van der Waals surface area contributed by atoms with Crippen LogP contribution in [0.4, 0.5) is 4.39 Å². The molecule has 0 aromatic rings. The van der Waals surface area contributed by atoms with Crippen LogP contribution >= 0.6 is 0 Å². The van der Waals surface area contributed by atoms with Crippen LogP contribution in [-0.4, -0.2) is 31.1 Å². The number of alkyl halides is 1. The van der Waals surface area contributed by atoms with Gasteiger partial charge in [-0.3, -0.25) is 4.99 Å². The first-order valence-corrected chi connectivity index (χ1v) is 4.05. The first-order valence-electron chi connectivity index (χ1n) is 4.05. The van der Waals surface area contributed by atoms with Gasteiger partial charge < -0.3 is 10.8 Å². The summed E-state index contributed by atoms with van der Waals surface area (Å²) in [5, 5.41) is 8.95. The van der Waals surface area contributed by atoms with Gasteiger partial charge in [-0.15, -0.1) is 0 Å². The lowest BCUT2D eigenvalue weighted by atomic mass is 9.89. The van der Waals surface area contributed by atoms with Crippen molar-refractivity contribution in [3.8, 4) is 0 Å². The highest BCUT2D eigenvalue weighted by Crippen LogP contribution is 2.24. The predicted octanol–water partition coefficient (Wildman–Crippen LogP) is 0.416. The Kier molecular flexibility index (Phi) is 3.19. The second-order valence-electron chi connectivity index (χ2n) is 2.89. The fourth-order valence-electron chi connectivity index (χ4n) is 1.32. The van der Waals surface area contributed by atoms with E-state index >= 15 is 0 Å². The average molecular weight is 184 g/mol. The van der Waals surface area contributed by atoms with Crippen LogP contribution in [-0.2, 0) is 0 Å². The topological polar surface area (TPSA) is 58.6 Å². The summed E-state index contributed by atoms with van der Waals surface area (Å²) in [7, 11) is 1.58. The SMILES string of the molecule is CN=CC1=C(N)C=CC(F)C1CO. The summed E-state index contributed by atoms with van der Waals surface area (Å²) in [6.45, 7) is -0.256. The molecule has 3 N–H and O–H groups in total. The van der Waals surface area contributed by atoms with Crippen molar-refractivity contribution in [2.75, 3.05) is 13.7 Å². The van der Waals surface area contributed by atoms with Gasteiger partial charge in [0, 0.05) is 30.5 Å². The zero-order valence-corrected chi connectivity index (χ0v) is 7.44. The molecule has 1 aliphatic carbocycles. The van der Waals surface area contributed by atoms with Crippen molar-refractivity contribution < 1.29 is 9.50 Å². The minimum Gasteiger partial charge on any atom is -0.398 e. The number of hydrogen-bond acceptors (Lipinski definition) is 3. The number of rotatable bonds is 2. The number of aliphatic hydroxyl groups excluding tert-OH is 1. The van der Waals surface area contributed by atoms with E-state index in [1.54, 1.807) is 7.05 Å². The standard InChI is InChI=1S/C9H13FN2O/c1-12-4-6-7(5-13)8(10)2-3-9(6)11/h2-4,7-8,13H,5,11H2,1H3. The van der Waals surface area contributed by atoms with Crippen molar-refractivity contribution in [2.45, 2.75) is 6.17 Å². The zero-order valence-electron chi connectivity index (χ0n) is 7.44. The Morgan fingerprint density at radius 3 is 3.00 bits per heavy atom. The van der Waals surface area contributed by atoms with E-state index in [0.717, 1.165) is 0 Å². The van der Waals surface area contributed by atoms with Gasteiger partial charge in [-0.2, -0.15) is 0 Å². The third kappa shape index (κ3) is 1.95. The van der Waals surface area contributed by atoms with E-state index in [-0.39, 0.29) is 6.61 Å².